The molecule has 11 heteroatoms. The maximum Gasteiger partial charge on any atom is 0.277 e. The molecule has 0 saturated carbocycles. The van der Waals surface area contributed by atoms with Crippen LogP contribution in [-0.2, 0) is 19.6 Å². The highest BCUT2D eigenvalue weighted by Crippen LogP contribution is 2.29. The quantitative estimate of drug-likeness (QED) is 0.574. The van der Waals surface area contributed by atoms with Crippen LogP contribution in [0.4, 0.5) is 0 Å². The molecule has 2 aliphatic heterocycles. The van der Waals surface area contributed by atoms with Gasteiger partial charge in [0.05, 0.1) is 16.2 Å². The number of aromatic nitrogens is 2. The summed E-state index contributed by atoms with van der Waals surface area (Å²) in [6, 6.07) is 6.54. The number of rotatable bonds is 8. The van der Waals surface area contributed by atoms with E-state index in [2.05, 4.69) is 15.5 Å². The highest BCUT2D eigenvalue weighted by Gasteiger charge is 2.27. The zero-order chi connectivity index (χ0) is 22.6. The van der Waals surface area contributed by atoms with Crippen LogP contribution in [0.1, 0.15) is 39.0 Å². The standard InChI is InChI=1S/C21H28N4O5S2/c1-15(19(26)22-14-17-8-6-12-29-17)31-21-24-23-20(30-21)16-7-5-9-18(13-16)32(27,28)25-10-3-2-4-11-25/h5,7,9,13,15,17H,2-4,6,8,10-12,14H2,1H3,(H,22,26)/t15-,17-/m1/s1. The maximum atomic E-state index is 13.0. The topological polar surface area (TPSA) is 115 Å². The lowest BCUT2D eigenvalue weighted by atomic mass is 10.2. The summed E-state index contributed by atoms with van der Waals surface area (Å²) < 4.78 is 38.7. The molecule has 2 aliphatic rings. The highest BCUT2D eigenvalue weighted by molar-refractivity contribution is 8.00. The van der Waals surface area contributed by atoms with E-state index in [4.69, 9.17) is 9.15 Å². The van der Waals surface area contributed by atoms with Gasteiger partial charge in [-0.1, -0.05) is 24.2 Å². The number of hydrogen-bond donors (Lipinski definition) is 1. The lowest BCUT2D eigenvalue weighted by molar-refractivity contribution is -0.120. The first kappa shape index (κ1) is 23.2. The van der Waals surface area contributed by atoms with Crippen LogP contribution in [0.3, 0.4) is 0 Å². The SMILES string of the molecule is C[C@@H](Sc1nnc(-c2cccc(S(=O)(=O)N3CCCCC3)c2)o1)C(=O)NC[C@H]1CCCO1. The minimum atomic E-state index is -3.55. The summed E-state index contributed by atoms with van der Waals surface area (Å²) in [5.74, 6) is 0.0926. The molecule has 0 bridgehead atoms. The molecule has 1 aromatic heterocycles. The van der Waals surface area contributed by atoms with Crippen molar-refractivity contribution in [3.63, 3.8) is 0 Å². The third-order valence-electron chi connectivity index (χ3n) is 5.62. The molecule has 32 heavy (non-hydrogen) atoms. The predicted octanol–water partition coefficient (Wildman–Crippen LogP) is 2.69. The Morgan fingerprint density at radius 2 is 2.06 bits per heavy atom. The molecule has 0 radical (unpaired) electrons. The number of nitrogens with zero attached hydrogens (tertiary/aromatic N) is 3. The number of carbonyl (C=O) groups is 1. The zero-order valence-electron chi connectivity index (χ0n) is 18.0. The van der Waals surface area contributed by atoms with E-state index >= 15 is 0 Å². The minimum absolute atomic E-state index is 0.0830. The van der Waals surface area contributed by atoms with Gasteiger partial charge in [0.1, 0.15) is 0 Å². The van der Waals surface area contributed by atoms with Gasteiger partial charge in [-0.05, 0) is 50.8 Å². The van der Waals surface area contributed by atoms with Crippen LogP contribution >= 0.6 is 11.8 Å². The second-order valence-electron chi connectivity index (χ2n) is 8.01. The van der Waals surface area contributed by atoms with Gasteiger partial charge < -0.3 is 14.5 Å². The average Bonchev–Trinajstić information content (AvgIpc) is 3.50. The van der Waals surface area contributed by atoms with Gasteiger partial charge in [-0.2, -0.15) is 4.31 Å². The van der Waals surface area contributed by atoms with Crippen molar-refractivity contribution in [1.29, 1.82) is 0 Å². The van der Waals surface area contributed by atoms with E-state index in [0.29, 0.717) is 25.2 Å². The fourth-order valence-electron chi connectivity index (χ4n) is 3.79. The van der Waals surface area contributed by atoms with Crippen molar-refractivity contribution in [1.82, 2.24) is 19.8 Å². The first-order valence-corrected chi connectivity index (χ1v) is 13.3. The molecule has 3 heterocycles. The number of piperidine rings is 1. The van der Waals surface area contributed by atoms with Crippen molar-refractivity contribution >= 4 is 27.7 Å². The Kier molecular flexibility index (Phi) is 7.49. The van der Waals surface area contributed by atoms with Crippen LogP contribution in [0.5, 0.6) is 0 Å². The molecule has 174 valence electrons. The monoisotopic (exact) mass is 480 g/mol. The van der Waals surface area contributed by atoms with E-state index in [0.717, 1.165) is 50.5 Å². The Hall–Kier alpha value is -1.95. The van der Waals surface area contributed by atoms with Crippen LogP contribution < -0.4 is 5.32 Å². The van der Waals surface area contributed by atoms with Crippen molar-refractivity contribution in [2.75, 3.05) is 26.2 Å². The molecule has 1 amide bonds. The lowest BCUT2D eigenvalue weighted by Crippen LogP contribution is -2.36. The summed E-state index contributed by atoms with van der Waals surface area (Å²) in [5, 5.41) is 10.8. The number of thioether (sulfide) groups is 1. The summed E-state index contributed by atoms with van der Waals surface area (Å²) in [5.41, 5.74) is 0.526. The number of amides is 1. The van der Waals surface area contributed by atoms with E-state index in [1.54, 1.807) is 31.2 Å². The minimum Gasteiger partial charge on any atom is -0.411 e. The Bertz CT molecular complexity index is 1030. The third-order valence-corrected chi connectivity index (χ3v) is 8.44. The van der Waals surface area contributed by atoms with Crippen LogP contribution in [0, 0.1) is 0 Å². The van der Waals surface area contributed by atoms with Crippen LogP contribution in [0.15, 0.2) is 38.8 Å². The van der Waals surface area contributed by atoms with Crippen LogP contribution in [-0.4, -0.2) is 66.4 Å². The Balaban J connectivity index is 1.39. The Labute approximate surface area is 192 Å². The average molecular weight is 481 g/mol. The van der Waals surface area contributed by atoms with Gasteiger partial charge >= 0.3 is 0 Å². The van der Waals surface area contributed by atoms with Crippen molar-refractivity contribution in [2.24, 2.45) is 0 Å². The maximum absolute atomic E-state index is 13.0. The number of carbonyl (C=O) groups excluding carboxylic acids is 1. The summed E-state index contributed by atoms with van der Waals surface area (Å²) in [4.78, 5) is 12.6. The molecule has 2 aromatic rings. The molecular formula is C21H28N4O5S2. The Morgan fingerprint density at radius 3 is 2.81 bits per heavy atom. The molecule has 2 saturated heterocycles. The van der Waals surface area contributed by atoms with Gasteiger partial charge in [-0.15, -0.1) is 10.2 Å². The van der Waals surface area contributed by atoms with Crippen LogP contribution in [0.2, 0.25) is 0 Å². The molecule has 0 spiro atoms. The second kappa shape index (κ2) is 10.3. The van der Waals surface area contributed by atoms with E-state index in [9.17, 15) is 13.2 Å². The molecule has 1 aromatic carbocycles. The van der Waals surface area contributed by atoms with Crippen molar-refractivity contribution in [2.45, 2.75) is 60.5 Å². The third kappa shape index (κ3) is 5.51. The van der Waals surface area contributed by atoms with Gasteiger partial charge in [0.2, 0.25) is 21.8 Å². The van der Waals surface area contributed by atoms with Gasteiger partial charge in [-0.25, -0.2) is 8.42 Å². The number of ether oxygens (including phenoxy) is 1. The van der Waals surface area contributed by atoms with E-state index < -0.39 is 15.3 Å². The molecule has 2 fully saturated rings. The van der Waals surface area contributed by atoms with Gasteiger partial charge in [0.15, 0.2) is 0 Å². The summed E-state index contributed by atoms with van der Waals surface area (Å²) in [6.45, 7) is 4.10. The van der Waals surface area contributed by atoms with Crippen molar-refractivity contribution in [3.05, 3.63) is 24.3 Å². The molecule has 0 unspecified atom stereocenters. The van der Waals surface area contributed by atoms with Crippen molar-refractivity contribution in [3.8, 4) is 11.5 Å². The molecule has 1 N–H and O–H groups in total. The zero-order valence-corrected chi connectivity index (χ0v) is 19.7. The number of benzene rings is 1. The van der Waals surface area contributed by atoms with Gasteiger partial charge in [0.25, 0.3) is 5.22 Å². The number of hydrogen-bond acceptors (Lipinski definition) is 8. The predicted molar refractivity (Wildman–Crippen MR) is 120 cm³/mol. The number of sulfonamides is 1. The summed E-state index contributed by atoms with van der Waals surface area (Å²) in [6.07, 6.45) is 4.88. The van der Waals surface area contributed by atoms with E-state index in [-0.39, 0.29) is 28.0 Å². The highest BCUT2D eigenvalue weighted by atomic mass is 32.2. The lowest BCUT2D eigenvalue weighted by Gasteiger charge is -2.25. The fourth-order valence-corrected chi connectivity index (χ4v) is 6.06. The van der Waals surface area contributed by atoms with Crippen molar-refractivity contribution < 1.29 is 22.4 Å². The second-order valence-corrected chi connectivity index (χ2v) is 11.2. The van der Waals surface area contributed by atoms with Crippen LogP contribution in [0.25, 0.3) is 11.5 Å². The molecule has 0 aliphatic carbocycles. The first-order chi connectivity index (χ1) is 15.4. The summed E-state index contributed by atoms with van der Waals surface area (Å²) >= 11 is 1.16. The first-order valence-electron chi connectivity index (χ1n) is 10.9. The van der Waals surface area contributed by atoms with E-state index in [1.807, 2.05) is 0 Å². The molecule has 4 rings (SSSR count). The summed E-state index contributed by atoms with van der Waals surface area (Å²) in [7, 11) is -3.55. The molecule has 2 atom stereocenters. The van der Waals surface area contributed by atoms with Gasteiger partial charge in [-0.3, -0.25) is 4.79 Å². The smallest absolute Gasteiger partial charge is 0.277 e. The van der Waals surface area contributed by atoms with Gasteiger partial charge in [0, 0.05) is 31.8 Å². The Morgan fingerprint density at radius 1 is 1.25 bits per heavy atom. The van der Waals surface area contributed by atoms with E-state index in [1.165, 1.54) is 4.31 Å². The normalized spacial score (nSPS) is 20.8. The fraction of sp³-hybridized carbons (Fsp3) is 0.571. The largest absolute Gasteiger partial charge is 0.411 e. The number of nitrogens with one attached hydrogen (secondary N) is 1. The molecular weight excluding hydrogens is 452 g/mol. The molecule has 9 nitrogen and oxygen atoms in total.